The van der Waals surface area contributed by atoms with E-state index in [0.717, 1.165) is 0 Å². The maximum atomic E-state index is 12.8. The van der Waals surface area contributed by atoms with Gasteiger partial charge in [-0.3, -0.25) is 0 Å². The molecule has 0 radical (unpaired) electrons. The molecule has 0 aliphatic heterocycles. The average Bonchev–Trinajstić information content (AvgIpc) is 2.74. The predicted molar refractivity (Wildman–Crippen MR) is 68.7 cm³/mol. The molecule has 102 valence electrons. The monoisotopic (exact) mass is 283 g/mol. The zero-order chi connectivity index (χ0) is 14.0. The first-order valence-electron chi connectivity index (χ1n) is 5.78. The van der Waals surface area contributed by atoms with E-state index in [9.17, 15) is 12.8 Å². The maximum absolute atomic E-state index is 12.8. The van der Waals surface area contributed by atoms with Gasteiger partial charge in [0.25, 0.3) is 0 Å². The van der Waals surface area contributed by atoms with Crippen molar-refractivity contribution in [3.05, 3.63) is 53.2 Å². The molecule has 0 spiro atoms. The molecule has 0 amide bonds. The summed E-state index contributed by atoms with van der Waals surface area (Å²) in [5, 5.41) is 2.93. The highest BCUT2D eigenvalue weighted by molar-refractivity contribution is 7.90. The number of aromatic nitrogens is 1. The van der Waals surface area contributed by atoms with Crippen molar-refractivity contribution in [1.82, 2.24) is 5.16 Å². The first-order chi connectivity index (χ1) is 8.88. The van der Waals surface area contributed by atoms with Crippen molar-refractivity contribution in [1.29, 1.82) is 0 Å². The summed E-state index contributed by atoms with van der Waals surface area (Å²) in [5.74, 6) is -0.294. The highest BCUT2D eigenvalue weighted by Crippen LogP contribution is 2.25. The highest BCUT2D eigenvalue weighted by Gasteiger charge is 2.24. The molecule has 0 aliphatic rings. The van der Waals surface area contributed by atoms with Gasteiger partial charge in [-0.25, -0.2) is 12.8 Å². The molecule has 2 rings (SSSR count). The summed E-state index contributed by atoms with van der Waals surface area (Å²) in [6.45, 7) is 3.30. The number of hydrogen-bond donors (Lipinski definition) is 0. The summed E-state index contributed by atoms with van der Waals surface area (Å²) < 4.78 is 42.2. The van der Waals surface area contributed by atoms with Crippen LogP contribution >= 0.6 is 0 Å². The molecule has 0 saturated heterocycles. The van der Waals surface area contributed by atoms with E-state index in [1.165, 1.54) is 24.3 Å². The lowest BCUT2D eigenvalue weighted by atomic mass is 10.2. The smallest absolute Gasteiger partial charge is 0.164 e. The fraction of sp³-hybridized carbons (Fsp3) is 0.308. The SMILES string of the molecule is Cc1cc(CS(=O)(=O)C(C)c2ccc(F)cc2)on1. The van der Waals surface area contributed by atoms with Crippen LogP contribution in [0.4, 0.5) is 4.39 Å². The fourth-order valence-electron chi connectivity index (χ4n) is 1.75. The molecular formula is C13H14FNO3S. The van der Waals surface area contributed by atoms with Crippen LogP contribution in [0, 0.1) is 12.7 Å². The molecule has 1 atom stereocenters. The third kappa shape index (κ3) is 3.20. The standard InChI is InChI=1S/C13H14FNO3S/c1-9-7-13(18-15-9)8-19(16,17)10(2)11-3-5-12(14)6-4-11/h3-7,10H,8H2,1-2H3. The zero-order valence-corrected chi connectivity index (χ0v) is 11.4. The van der Waals surface area contributed by atoms with Crippen LogP contribution in [0.1, 0.15) is 29.2 Å². The molecule has 0 bridgehead atoms. The molecule has 0 saturated carbocycles. The second-order valence-corrected chi connectivity index (χ2v) is 6.76. The molecule has 0 aliphatic carbocycles. The fourth-order valence-corrected chi connectivity index (χ4v) is 3.10. The van der Waals surface area contributed by atoms with Crippen LogP contribution in [0.5, 0.6) is 0 Å². The molecule has 2 aromatic rings. The summed E-state index contributed by atoms with van der Waals surface area (Å²) in [7, 11) is -3.42. The Kier molecular flexibility index (Phi) is 3.71. The normalized spacial score (nSPS) is 13.4. The van der Waals surface area contributed by atoms with Gasteiger partial charge in [0.2, 0.25) is 0 Å². The van der Waals surface area contributed by atoms with Crippen LogP contribution < -0.4 is 0 Å². The van der Waals surface area contributed by atoms with Crippen LogP contribution in [-0.4, -0.2) is 13.6 Å². The third-order valence-electron chi connectivity index (χ3n) is 2.90. The van der Waals surface area contributed by atoms with E-state index < -0.39 is 15.1 Å². The summed E-state index contributed by atoms with van der Waals surface area (Å²) in [5.41, 5.74) is 1.19. The number of nitrogens with zero attached hydrogens (tertiary/aromatic N) is 1. The number of sulfone groups is 1. The number of rotatable bonds is 4. The summed E-state index contributed by atoms with van der Waals surface area (Å²) in [6.07, 6.45) is 0. The van der Waals surface area contributed by atoms with Crippen molar-refractivity contribution >= 4 is 9.84 Å². The van der Waals surface area contributed by atoms with Crippen molar-refractivity contribution in [2.75, 3.05) is 0 Å². The molecule has 19 heavy (non-hydrogen) atoms. The first kappa shape index (κ1) is 13.7. The van der Waals surface area contributed by atoms with Crippen LogP contribution in [0.25, 0.3) is 0 Å². The number of halogens is 1. The van der Waals surface area contributed by atoms with Gasteiger partial charge >= 0.3 is 0 Å². The Morgan fingerprint density at radius 1 is 1.32 bits per heavy atom. The van der Waals surface area contributed by atoms with Gasteiger partial charge in [-0.1, -0.05) is 17.3 Å². The third-order valence-corrected chi connectivity index (χ3v) is 4.93. The van der Waals surface area contributed by atoms with Crippen molar-refractivity contribution in [3.63, 3.8) is 0 Å². The van der Waals surface area contributed by atoms with E-state index in [1.54, 1.807) is 19.9 Å². The second kappa shape index (κ2) is 5.13. The summed E-state index contributed by atoms with van der Waals surface area (Å²) >= 11 is 0. The van der Waals surface area contributed by atoms with Crippen molar-refractivity contribution in [3.8, 4) is 0 Å². The van der Waals surface area contributed by atoms with E-state index in [1.807, 2.05) is 0 Å². The van der Waals surface area contributed by atoms with E-state index >= 15 is 0 Å². The molecule has 1 heterocycles. The Morgan fingerprint density at radius 3 is 2.47 bits per heavy atom. The highest BCUT2D eigenvalue weighted by atomic mass is 32.2. The van der Waals surface area contributed by atoms with Crippen LogP contribution in [-0.2, 0) is 15.6 Å². The van der Waals surface area contributed by atoms with Gasteiger partial charge in [-0.15, -0.1) is 0 Å². The summed E-state index contributed by atoms with van der Waals surface area (Å²) in [6, 6.07) is 7.04. The van der Waals surface area contributed by atoms with E-state index in [-0.39, 0.29) is 11.6 Å². The minimum absolute atomic E-state index is 0.216. The Balaban J connectivity index is 2.21. The van der Waals surface area contributed by atoms with E-state index in [4.69, 9.17) is 4.52 Å². The predicted octanol–water partition coefficient (Wildman–Crippen LogP) is 2.80. The number of aryl methyl sites for hydroxylation is 1. The van der Waals surface area contributed by atoms with Gasteiger partial charge in [-0.05, 0) is 31.5 Å². The Morgan fingerprint density at radius 2 is 1.95 bits per heavy atom. The molecule has 1 aromatic carbocycles. The Labute approximate surface area is 111 Å². The maximum Gasteiger partial charge on any atom is 0.164 e. The molecule has 4 nitrogen and oxygen atoms in total. The van der Waals surface area contributed by atoms with Crippen molar-refractivity contribution in [2.24, 2.45) is 0 Å². The van der Waals surface area contributed by atoms with E-state index in [0.29, 0.717) is 17.0 Å². The lowest BCUT2D eigenvalue weighted by Gasteiger charge is -2.12. The Bertz CT molecular complexity index is 661. The average molecular weight is 283 g/mol. The quantitative estimate of drug-likeness (QED) is 0.865. The van der Waals surface area contributed by atoms with Gasteiger partial charge in [0, 0.05) is 6.07 Å². The van der Waals surface area contributed by atoms with Gasteiger partial charge in [0.05, 0.1) is 10.9 Å². The van der Waals surface area contributed by atoms with E-state index in [2.05, 4.69) is 5.16 Å². The minimum Gasteiger partial charge on any atom is -0.360 e. The lowest BCUT2D eigenvalue weighted by molar-refractivity contribution is 0.388. The summed E-state index contributed by atoms with van der Waals surface area (Å²) in [4.78, 5) is 0. The lowest BCUT2D eigenvalue weighted by Crippen LogP contribution is -2.12. The Hall–Kier alpha value is -1.69. The minimum atomic E-state index is -3.42. The molecule has 0 fully saturated rings. The zero-order valence-electron chi connectivity index (χ0n) is 10.6. The van der Waals surface area contributed by atoms with Gasteiger partial charge in [0.1, 0.15) is 11.6 Å². The van der Waals surface area contributed by atoms with Gasteiger partial charge in [-0.2, -0.15) is 0 Å². The van der Waals surface area contributed by atoms with Crippen LogP contribution in [0.2, 0.25) is 0 Å². The topological polar surface area (TPSA) is 60.2 Å². The molecule has 1 aromatic heterocycles. The molecule has 0 N–H and O–H groups in total. The van der Waals surface area contributed by atoms with Crippen molar-refractivity contribution < 1.29 is 17.3 Å². The largest absolute Gasteiger partial charge is 0.360 e. The van der Waals surface area contributed by atoms with Gasteiger partial charge in [0.15, 0.2) is 15.6 Å². The van der Waals surface area contributed by atoms with Crippen molar-refractivity contribution in [2.45, 2.75) is 24.9 Å². The molecule has 1 unspecified atom stereocenters. The van der Waals surface area contributed by atoms with Gasteiger partial charge < -0.3 is 4.52 Å². The van der Waals surface area contributed by atoms with Crippen LogP contribution in [0.15, 0.2) is 34.9 Å². The number of hydrogen-bond acceptors (Lipinski definition) is 4. The molecular weight excluding hydrogens is 269 g/mol. The molecule has 6 heteroatoms. The second-order valence-electron chi connectivity index (χ2n) is 4.44. The van der Waals surface area contributed by atoms with Crippen LogP contribution in [0.3, 0.4) is 0 Å². The number of benzene rings is 1. The first-order valence-corrected chi connectivity index (χ1v) is 7.49.